The Hall–Kier alpha value is -1.63. The normalized spacial score (nSPS) is 16.6. The van der Waals surface area contributed by atoms with Crippen LogP contribution in [0.1, 0.15) is 45.4 Å². The van der Waals surface area contributed by atoms with Crippen LogP contribution >= 0.6 is 0 Å². The quantitative estimate of drug-likeness (QED) is 0.834. The molecule has 2 rings (SSSR count). The predicted octanol–water partition coefficient (Wildman–Crippen LogP) is 0.967. The lowest BCUT2D eigenvalue weighted by Gasteiger charge is -2.23. The lowest BCUT2D eigenvalue weighted by molar-refractivity contribution is 0.0505. The van der Waals surface area contributed by atoms with E-state index < -0.39 is 11.7 Å². The van der Waals surface area contributed by atoms with Gasteiger partial charge in [0, 0.05) is 13.1 Å². The molecule has 2 N–H and O–H groups in total. The molecule has 0 radical (unpaired) electrons. The molecule has 0 saturated heterocycles. The molecule has 1 aromatic heterocycles. The molecular formula is C12H21N5O2. The Kier molecular flexibility index (Phi) is 3.75. The van der Waals surface area contributed by atoms with Gasteiger partial charge in [-0.3, -0.25) is 0 Å². The first-order chi connectivity index (χ1) is 8.87. The lowest BCUT2D eigenvalue weighted by atomic mass is 10.2. The number of hydrogen-bond donors (Lipinski definition) is 2. The third kappa shape index (κ3) is 3.44. The third-order valence-corrected chi connectivity index (χ3v) is 2.77. The van der Waals surface area contributed by atoms with Gasteiger partial charge in [0.1, 0.15) is 11.4 Å². The van der Waals surface area contributed by atoms with Crippen LogP contribution in [0.4, 0.5) is 4.79 Å². The van der Waals surface area contributed by atoms with Crippen molar-refractivity contribution in [2.75, 3.05) is 6.54 Å². The third-order valence-electron chi connectivity index (χ3n) is 2.77. The Morgan fingerprint density at radius 3 is 2.89 bits per heavy atom. The van der Waals surface area contributed by atoms with E-state index in [1.54, 1.807) is 0 Å². The fourth-order valence-corrected chi connectivity index (χ4v) is 1.98. The van der Waals surface area contributed by atoms with E-state index in [0.29, 0.717) is 6.54 Å². The molecule has 1 aliphatic rings. The van der Waals surface area contributed by atoms with E-state index in [0.717, 1.165) is 24.7 Å². The molecule has 19 heavy (non-hydrogen) atoms. The highest BCUT2D eigenvalue weighted by molar-refractivity contribution is 5.68. The molecule has 0 aromatic carbocycles. The highest BCUT2D eigenvalue weighted by atomic mass is 16.6. The summed E-state index contributed by atoms with van der Waals surface area (Å²) in [6.45, 7) is 9.80. The van der Waals surface area contributed by atoms with Gasteiger partial charge in [0.15, 0.2) is 5.82 Å². The summed E-state index contributed by atoms with van der Waals surface area (Å²) < 4.78 is 7.27. The monoisotopic (exact) mass is 267 g/mol. The molecule has 7 nitrogen and oxygen atoms in total. The van der Waals surface area contributed by atoms with Gasteiger partial charge in [0.2, 0.25) is 0 Å². The molecule has 7 heteroatoms. The largest absolute Gasteiger partial charge is 0.444 e. The van der Waals surface area contributed by atoms with E-state index >= 15 is 0 Å². The smallest absolute Gasteiger partial charge is 0.408 e. The number of hydrogen-bond acceptors (Lipinski definition) is 5. The van der Waals surface area contributed by atoms with Crippen molar-refractivity contribution in [1.29, 1.82) is 0 Å². The van der Waals surface area contributed by atoms with E-state index in [-0.39, 0.29) is 6.04 Å². The summed E-state index contributed by atoms with van der Waals surface area (Å²) in [6.07, 6.45) is -0.439. The Bertz CT molecular complexity index is 463. The van der Waals surface area contributed by atoms with Gasteiger partial charge in [-0.15, -0.1) is 10.2 Å². The second kappa shape index (κ2) is 5.16. The topological polar surface area (TPSA) is 81.1 Å². The predicted molar refractivity (Wildman–Crippen MR) is 69.5 cm³/mol. The highest BCUT2D eigenvalue weighted by Crippen LogP contribution is 2.15. The number of alkyl carbamates (subject to hydrolysis) is 1. The molecule has 1 aliphatic heterocycles. The summed E-state index contributed by atoms with van der Waals surface area (Å²) >= 11 is 0. The van der Waals surface area contributed by atoms with Gasteiger partial charge in [0.05, 0.1) is 12.6 Å². The van der Waals surface area contributed by atoms with Gasteiger partial charge in [-0.1, -0.05) is 0 Å². The van der Waals surface area contributed by atoms with E-state index in [4.69, 9.17) is 4.74 Å². The molecule has 1 atom stereocenters. The molecule has 0 saturated carbocycles. The van der Waals surface area contributed by atoms with Crippen molar-refractivity contribution in [1.82, 2.24) is 25.4 Å². The number of ether oxygens (including phenoxy) is 1. The molecule has 2 heterocycles. The summed E-state index contributed by atoms with van der Waals surface area (Å²) in [7, 11) is 0. The van der Waals surface area contributed by atoms with Crippen molar-refractivity contribution >= 4 is 6.09 Å². The summed E-state index contributed by atoms with van der Waals surface area (Å²) in [5.41, 5.74) is -0.502. The Balaban J connectivity index is 2.02. The van der Waals surface area contributed by atoms with Crippen molar-refractivity contribution in [3.63, 3.8) is 0 Å². The van der Waals surface area contributed by atoms with Crippen LogP contribution in [-0.4, -0.2) is 33.0 Å². The highest BCUT2D eigenvalue weighted by Gasteiger charge is 2.23. The van der Waals surface area contributed by atoms with Gasteiger partial charge < -0.3 is 19.9 Å². The standard InChI is InChI=1S/C12H21N5O2/c1-8(14-11(18)19-12(2,3)4)10-16-15-9-7-13-5-6-17(9)10/h8,13H,5-7H2,1-4H3,(H,14,18). The van der Waals surface area contributed by atoms with Crippen LogP contribution in [0.5, 0.6) is 0 Å². The first-order valence-corrected chi connectivity index (χ1v) is 6.49. The zero-order chi connectivity index (χ0) is 14.0. The molecule has 0 aliphatic carbocycles. The minimum Gasteiger partial charge on any atom is -0.444 e. The SMILES string of the molecule is CC(NC(=O)OC(C)(C)C)c1nnc2n1CCNC2. The molecule has 0 spiro atoms. The van der Waals surface area contributed by atoms with Gasteiger partial charge in [0.25, 0.3) is 0 Å². The molecule has 0 fully saturated rings. The van der Waals surface area contributed by atoms with Crippen LogP contribution in [0.15, 0.2) is 0 Å². The first-order valence-electron chi connectivity index (χ1n) is 6.49. The Labute approximate surface area is 112 Å². The number of nitrogens with one attached hydrogen (secondary N) is 2. The number of rotatable bonds is 2. The number of nitrogens with zero attached hydrogens (tertiary/aromatic N) is 3. The minimum atomic E-state index is -0.502. The fourth-order valence-electron chi connectivity index (χ4n) is 1.98. The van der Waals surface area contributed by atoms with Crippen molar-refractivity contribution in [2.45, 2.75) is 52.4 Å². The molecular weight excluding hydrogens is 246 g/mol. The van der Waals surface area contributed by atoms with Crippen LogP contribution in [0.25, 0.3) is 0 Å². The van der Waals surface area contributed by atoms with Crippen LogP contribution in [0, 0.1) is 0 Å². The maximum Gasteiger partial charge on any atom is 0.408 e. The number of aromatic nitrogens is 3. The average molecular weight is 267 g/mol. The second-order valence-corrected chi connectivity index (χ2v) is 5.67. The first kappa shape index (κ1) is 13.8. The Morgan fingerprint density at radius 1 is 1.47 bits per heavy atom. The number of carbonyl (C=O) groups excluding carboxylic acids is 1. The van der Waals surface area contributed by atoms with E-state index in [2.05, 4.69) is 20.8 Å². The number of carbonyl (C=O) groups is 1. The maximum atomic E-state index is 11.7. The molecule has 106 valence electrons. The second-order valence-electron chi connectivity index (χ2n) is 5.67. The summed E-state index contributed by atoms with van der Waals surface area (Å²) in [5, 5.41) is 14.3. The molecule has 1 aromatic rings. The van der Waals surface area contributed by atoms with Crippen LogP contribution in [0.2, 0.25) is 0 Å². The summed E-state index contributed by atoms with van der Waals surface area (Å²) in [5.74, 6) is 1.67. The van der Waals surface area contributed by atoms with Crippen molar-refractivity contribution in [3.8, 4) is 0 Å². The summed E-state index contributed by atoms with van der Waals surface area (Å²) in [4.78, 5) is 11.7. The van der Waals surface area contributed by atoms with Gasteiger partial charge in [-0.2, -0.15) is 0 Å². The summed E-state index contributed by atoms with van der Waals surface area (Å²) in [6, 6.07) is -0.228. The number of amides is 1. The fraction of sp³-hybridized carbons (Fsp3) is 0.750. The van der Waals surface area contributed by atoms with Crippen molar-refractivity contribution < 1.29 is 9.53 Å². The zero-order valence-electron chi connectivity index (χ0n) is 11.9. The lowest BCUT2D eigenvalue weighted by Crippen LogP contribution is -2.36. The van der Waals surface area contributed by atoms with Crippen molar-refractivity contribution in [2.24, 2.45) is 0 Å². The molecule has 1 amide bonds. The van der Waals surface area contributed by atoms with E-state index in [1.807, 2.05) is 32.3 Å². The average Bonchev–Trinajstić information content (AvgIpc) is 2.69. The molecule has 0 bridgehead atoms. The van der Waals surface area contributed by atoms with E-state index in [1.165, 1.54) is 0 Å². The zero-order valence-corrected chi connectivity index (χ0v) is 11.9. The van der Waals surface area contributed by atoms with E-state index in [9.17, 15) is 4.79 Å². The number of fused-ring (bicyclic) bond motifs is 1. The van der Waals surface area contributed by atoms with Gasteiger partial charge in [-0.25, -0.2) is 4.79 Å². The van der Waals surface area contributed by atoms with Crippen molar-refractivity contribution in [3.05, 3.63) is 11.6 Å². The van der Waals surface area contributed by atoms with Gasteiger partial charge >= 0.3 is 6.09 Å². The minimum absolute atomic E-state index is 0.228. The Morgan fingerprint density at radius 2 is 2.21 bits per heavy atom. The van der Waals surface area contributed by atoms with Crippen LogP contribution < -0.4 is 10.6 Å². The van der Waals surface area contributed by atoms with Crippen LogP contribution in [-0.2, 0) is 17.8 Å². The van der Waals surface area contributed by atoms with Crippen LogP contribution in [0.3, 0.4) is 0 Å². The molecule has 1 unspecified atom stereocenters. The maximum absolute atomic E-state index is 11.7. The van der Waals surface area contributed by atoms with Gasteiger partial charge in [-0.05, 0) is 27.7 Å².